The van der Waals surface area contributed by atoms with E-state index in [0.29, 0.717) is 0 Å². The summed E-state index contributed by atoms with van der Waals surface area (Å²) in [6.45, 7) is 5.79. The van der Waals surface area contributed by atoms with Gasteiger partial charge in [-0.3, -0.25) is 0 Å². The van der Waals surface area contributed by atoms with Gasteiger partial charge in [-0.2, -0.15) is 0 Å². The van der Waals surface area contributed by atoms with Gasteiger partial charge in [-0.05, 0) is 31.0 Å². The van der Waals surface area contributed by atoms with Crippen molar-refractivity contribution in [3.8, 4) is 5.75 Å². The van der Waals surface area contributed by atoms with E-state index in [-0.39, 0.29) is 6.04 Å². The SMILES string of the molecule is C=C(C)C(N)Cc1cccc(OC)c1. The normalized spacial score (nSPS) is 12.2. The molecule has 0 aliphatic heterocycles. The molecule has 0 spiro atoms. The summed E-state index contributed by atoms with van der Waals surface area (Å²) in [5, 5.41) is 0. The fourth-order valence-electron chi connectivity index (χ4n) is 1.23. The lowest BCUT2D eigenvalue weighted by Crippen LogP contribution is -2.23. The Morgan fingerprint density at radius 1 is 1.57 bits per heavy atom. The Labute approximate surface area is 85.4 Å². The zero-order valence-corrected chi connectivity index (χ0v) is 8.79. The second-order valence-electron chi connectivity index (χ2n) is 3.51. The molecular weight excluding hydrogens is 174 g/mol. The molecule has 0 saturated carbocycles. The highest BCUT2D eigenvalue weighted by molar-refractivity contribution is 5.29. The Morgan fingerprint density at radius 2 is 2.29 bits per heavy atom. The summed E-state index contributed by atoms with van der Waals surface area (Å²) in [7, 11) is 1.66. The van der Waals surface area contributed by atoms with Crippen LogP contribution in [0, 0.1) is 0 Å². The molecule has 0 radical (unpaired) electrons. The third-order valence-corrected chi connectivity index (χ3v) is 2.22. The van der Waals surface area contributed by atoms with Crippen LogP contribution in [0.1, 0.15) is 12.5 Å². The highest BCUT2D eigenvalue weighted by Gasteiger charge is 2.04. The zero-order valence-electron chi connectivity index (χ0n) is 8.79. The summed E-state index contributed by atoms with van der Waals surface area (Å²) >= 11 is 0. The fraction of sp³-hybridized carbons (Fsp3) is 0.333. The van der Waals surface area contributed by atoms with Crippen molar-refractivity contribution in [2.24, 2.45) is 5.73 Å². The first-order valence-corrected chi connectivity index (χ1v) is 4.67. The van der Waals surface area contributed by atoms with Crippen molar-refractivity contribution in [3.05, 3.63) is 42.0 Å². The van der Waals surface area contributed by atoms with Crippen LogP contribution in [-0.2, 0) is 6.42 Å². The molecule has 14 heavy (non-hydrogen) atoms. The Bertz CT molecular complexity index is 320. The second kappa shape index (κ2) is 4.82. The standard InChI is InChI=1S/C12H17NO/c1-9(2)12(13)8-10-5-4-6-11(7-10)14-3/h4-7,12H,1,8,13H2,2-3H3. The Balaban J connectivity index is 2.71. The predicted molar refractivity (Wildman–Crippen MR) is 59.5 cm³/mol. The quantitative estimate of drug-likeness (QED) is 0.740. The Hall–Kier alpha value is -1.28. The third-order valence-electron chi connectivity index (χ3n) is 2.22. The summed E-state index contributed by atoms with van der Waals surface area (Å²) in [5.41, 5.74) is 8.09. The number of hydrogen-bond acceptors (Lipinski definition) is 2. The molecule has 0 saturated heterocycles. The molecule has 0 aliphatic carbocycles. The molecule has 2 heteroatoms. The van der Waals surface area contributed by atoms with Gasteiger partial charge in [-0.15, -0.1) is 0 Å². The van der Waals surface area contributed by atoms with Crippen molar-refractivity contribution in [2.45, 2.75) is 19.4 Å². The number of ether oxygens (including phenoxy) is 1. The van der Waals surface area contributed by atoms with Crippen LogP contribution in [0.5, 0.6) is 5.75 Å². The van der Waals surface area contributed by atoms with E-state index in [2.05, 4.69) is 6.58 Å². The van der Waals surface area contributed by atoms with E-state index in [1.54, 1.807) is 7.11 Å². The molecule has 2 N–H and O–H groups in total. The Morgan fingerprint density at radius 3 is 2.86 bits per heavy atom. The molecule has 1 rings (SSSR count). The molecule has 0 amide bonds. The van der Waals surface area contributed by atoms with E-state index < -0.39 is 0 Å². The molecule has 1 aromatic carbocycles. The maximum atomic E-state index is 5.90. The minimum atomic E-state index is 0.0297. The second-order valence-corrected chi connectivity index (χ2v) is 3.51. The van der Waals surface area contributed by atoms with Crippen molar-refractivity contribution in [3.63, 3.8) is 0 Å². The van der Waals surface area contributed by atoms with Crippen molar-refractivity contribution in [2.75, 3.05) is 7.11 Å². The van der Waals surface area contributed by atoms with Crippen molar-refractivity contribution < 1.29 is 4.74 Å². The average Bonchev–Trinajstić information content (AvgIpc) is 2.18. The van der Waals surface area contributed by atoms with E-state index in [1.807, 2.05) is 31.2 Å². The molecule has 76 valence electrons. The number of methoxy groups -OCH3 is 1. The highest BCUT2D eigenvalue weighted by Crippen LogP contribution is 2.14. The molecule has 0 aliphatic rings. The molecule has 2 nitrogen and oxygen atoms in total. The van der Waals surface area contributed by atoms with Crippen LogP contribution in [0.2, 0.25) is 0 Å². The van der Waals surface area contributed by atoms with Crippen LogP contribution in [0.25, 0.3) is 0 Å². The van der Waals surface area contributed by atoms with Crippen LogP contribution in [0.3, 0.4) is 0 Å². The summed E-state index contributed by atoms with van der Waals surface area (Å²) in [5.74, 6) is 0.872. The van der Waals surface area contributed by atoms with Crippen LogP contribution < -0.4 is 10.5 Å². The first-order chi connectivity index (χ1) is 6.63. The van der Waals surface area contributed by atoms with Gasteiger partial charge in [0, 0.05) is 6.04 Å². The predicted octanol–water partition coefficient (Wildman–Crippen LogP) is 2.14. The maximum absolute atomic E-state index is 5.90. The van der Waals surface area contributed by atoms with Crippen molar-refractivity contribution in [1.82, 2.24) is 0 Å². The first kappa shape index (κ1) is 10.8. The van der Waals surface area contributed by atoms with Gasteiger partial charge in [0.05, 0.1) is 7.11 Å². The molecule has 1 unspecified atom stereocenters. The molecule has 0 fully saturated rings. The van der Waals surface area contributed by atoms with Crippen LogP contribution in [-0.4, -0.2) is 13.2 Å². The zero-order chi connectivity index (χ0) is 10.6. The number of rotatable bonds is 4. The molecular formula is C12H17NO. The topological polar surface area (TPSA) is 35.2 Å². The van der Waals surface area contributed by atoms with E-state index in [4.69, 9.17) is 10.5 Å². The summed E-state index contributed by atoms with van der Waals surface area (Å²) < 4.78 is 5.13. The van der Waals surface area contributed by atoms with Crippen LogP contribution in [0.4, 0.5) is 0 Å². The highest BCUT2D eigenvalue weighted by atomic mass is 16.5. The van der Waals surface area contributed by atoms with Gasteiger partial charge in [0.15, 0.2) is 0 Å². The van der Waals surface area contributed by atoms with Gasteiger partial charge in [0.1, 0.15) is 5.75 Å². The van der Waals surface area contributed by atoms with E-state index in [9.17, 15) is 0 Å². The van der Waals surface area contributed by atoms with E-state index in [0.717, 1.165) is 17.7 Å². The fourth-order valence-corrected chi connectivity index (χ4v) is 1.23. The van der Waals surface area contributed by atoms with Gasteiger partial charge in [0.2, 0.25) is 0 Å². The van der Waals surface area contributed by atoms with Crippen LogP contribution in [0.15, 0.2) is 36.4 Å². The third kappa shape index (κ3) is 2.89. The number of nitrogens with two attached hydrogens (primary N) is 1. The average molecular weight is 191 g/mol. The lowest BCUT2D eigenvalue weighted by atomic mass is 10.0. The van der Waals surface area contributed by atoms with Crippen molar-refractivity contribution >= 4 is 0 Å². The largest absolute Gasteiger partial charge is 0.497 e. The smallest absolute Gasteiger partial charge is 0.119 e. The van der Waals surface area contributed by atoms with Gasteiger partial charge < -0.3 is 10.5 Å². The maximum Gasteiger partial charge on any atom is 0.119 e. The van der Waals surface area contributed by atoms with Crippen LogP contribution >= 0.6 is 0 Å². The van der Waals surface area contributed by atoms with E-state index >= 15 is 0 Å². The van der Waals surface area contributed by atoms with Gasteiger partial charge in [-0.25, -0.2) is 0 Å². The first-order valence-electron chi connectivity index (χ1n) is 4.67. The van der Waals surface area contributed by atoms with Gasteiger partial charge >= 0.3 is 0 Å². The van der Waals surface area contributed by atoms with E-state index in [1.165, 1.54) is 5.56 Å². The lowest BCUT2D eigenvalue weighted by molar-refractivity contribution is 0.414. The summed E-state index contributed by atoms with van der Waals surface area (Å²) in [4.78, 5) is 0. The summed E-state index contributed by atoms with van der Waals surface area (Å²) in [6, 6.07) is 7.98. The molecule has 1 atom stereocenters. The number of hydrogen-bond donors (Lipinski definition) is 1. The lowest BCUT2D eigenvalue weighted by Gasteiger charge is -2.11. The molecule has 0 heterocycles. The molecule has 0 aromatic heterocycles. The monoisotopic (exact) mass is 191 g/mol. The summed E-state index contributed by atoms with van der Waals surface area (Å²) in [6.07, 6.45) is 0.812. The van der Waals surface area contributed by atoms with Crippen molar-refractivity contribution in [1.29, 1.82) is 0 Å². The molecule has 1 aromatic rings. The van der Waals surface area contributed by atoms with Gasteiger partial charge in [-0.1, -0.05) is 24.3 Å². The Kier molecular flexibility index (Phi) is 3.72. The number of benzene rings is 1. The molecule has 0 bridgehead atoms. The minimum Gasteiger partial charge on any atom is -0.497 e. The van der Waals surface area contributed by atoms with Gasteiger partial charge in [0.25, 0.3) is 0 Å². The minimum absolute atomic E-state index is 0.0297.